The Bertz CT molecular complexity index is 293. The van der Waals surface area contributed by atoms with Crippen molar-refractivity contribution in [2.75, 3.05) is 6.54 Å². The molecular weight excluding hydrogens is 196 g/mol. The van der Waals surface area contributed by atoms with Crippen LogP contribution in [0, 0.1) is 5.41 Å². The van der Waals surface area contributed by atoms with Crippen molar-refractivity contribution in [1.29, 1.82) is 0 Å². The van der Waals surface area contributed by atoms with E-state index in [1.165, 1.54) is 4.88 Å². The van der Waals surface area contributed by atoms with E-state index >= 15 is 0 Å². The van der Waals surface area contributed by atoms with Gasteiger partial charge in [0.2, 0.25) is 5.91 Å². The second-order valence-corrected chi connectivity index (χ2v) is 4.96. The van der Waals surface area contributed by atoms with E-state index in [9.17, 15) is 4.79 Å². The standard InChI is InChI=1S/C10H16N2OS/c1-10(2,9(11)13)7-12-6-8-4-3-5-14-8/h3-5,12H,6-7H2,1-2H3,(H2,11,13). The number of carbonyl (C=O) groups excluding carboxylic acids is 1. The van der Waals surface area contributed by atoms with Crippen LogP contribution in [0.4, 0.5) is 0 Å². The summed E-state index contributed by atoms with van der Waals surface area (Å²) in [6.07, 6.45) is 0. The Morgan fingerprint density at radius 1 is 1.64 bits per heavy atom. The molecule has 0 atom stereocenters. The number of primary amides is 1. The normalized spacial score (nSPS) is 11.6. The number of amides is 1. The van der Waals surface area contributed by atoms with Gasteiger partial charge in [0.25, 0.3) is 0 Å². The molecule has 1 rings (SSSR count). The van der Waals surface area contributed by atoms with Crippen molar-refractivity contribution in [2.24, 2.45) is 11.1 Å². The highest BCUT2D eigenvalue weighted by Gasteiger charge is 2.23. The Morgan fingerprint density at radius 2 is 2.36 bits per heavy atom. The Balaban J connectivity index is 2.31. The monoisotopic (exact) mass is 212 g/mol. The maximum atomic E-state index is 11.0. The first kappa shape index (κ1) is 11.2. The van der Waals surface area contributed by atoms with Gasteiger partial charge in [-0.3, -0.25) is 4.79 Å². The number of hydrogen-bond donors (Lipinski definition) is 2. The Labute approximate surface area is 88.3 Å². The number of nitrogens with two attached hydrogens (primary N) is 1. The molecule has 0 saturated carbocycles. The maximum absolute atomic E-state index is 11.0. The third-order valence-corrected chi connectivity index (χ3v) is 2.99. The van der Waals surface area contributed by atoms with Crippen LogP contribution in [0.1, 0.15) is 18.7 Å². The number of rotatable bonds is 5. The Morgan fingerprint density at radius 3 is 2.86 bits per heavy atom. The van der Waals surface area contributed by atoms with Crippen LogP contribution in [0.5, 0.6) is 0 Å². The molecule has 0 spiro atoms. The zero-order valence-electron chi connectivity index (χ0n) is 8.54. The van der Waals surface area contributed by atoms with Crippen LogP contribution >= 0.6 is 11.3 Å². The van der Waals surface area contributed by atoms with Crippen LogP contribution in [0.25, 0.3) is 0 Å². The van der Waals surface area contributed by atoms with Gasteiger partial charge < -0.3 is 11.1 Å². The predicted molar refractivity (Wildman–Crippen MR) is 59.0 cm³/mol. The van der Waals surface area contributed by atoms with Gasteiger partial charge in [0.1, 0.15) is 0 Å². The second kappa shape index (κ2) is 4.57. The molecule has 0 saturated heterocycles. The number of thiophene rings is 1. The van der Waals surface area contributed by atoms with E-state index in [-0.39, 0.29) is 5.91 Å². The van der Waals surface area contributed by atoms with Crippen molar-refractivity contribution in [3.05, 3.63) is 22.4 Å². The van der Waals surface area contributed by atoms with Crippen LogP contribution in [-0.2, 0) is 11.3 Å². The summed E-state index contributed by atoms with van der Waals surface area (Å²) in [5, 5.41) is 5.26. The molecule has 1 aromatic rings. The summed E-state index contributed by atoms with van der Waals surface area (Å²) in [5.41, 5.74) is 4.78. The topological polar surface area (TPSA) is 55.1 Å². The van der Waals surface area contributed by atoms with Gasteiger partial charge in [0.15, 0.2) is 0 Å². The molecule has 1 aromatic heterocycles. The van der Waals surface area contributed by atoms with E-state index in [0.29, 0.717) is 6.54 Å². The Kier molecular flexibility index (Phi) is 3.66. The fraction of sp³-hybridized carbons (Fsp3) is 0.500. The second-order valence-electron chi connectivity index (χ2n) is 3.93. The molecule has 1 heterocycles. The highest BCUT2D eigenvalue weighted by atomic mass is 32.1. The van der Waals surface area contributed by atoms with Crippen LogP contribution in [0.3, 0.4) is 0 Å². The maximum Gasteiger partial charge on any atom is 0.224 e. The van der Waals surface area contributed by atoms with Gasteiger partial charge in [-0.15, -0.1) is 11.3 Å². The van der Waals surface area contributed by atoms with Crippen molar-refractivity contribution >= 4 is 17.2 Å². The fourth-order valence-electron chi connectivity index (χ4n) is 0.998. The molecule has 0 bridgehead atoms. The first-order valence-corrected chi connectivity index (χ1v) is 5.43. The molecule has 1 amide bonds. The smallest absolute Gasteiger partial charge is 0.224 e. The number of hydrogen-bond acceptors (Lipinski definition) is 3. The van der Waals surface area contributed by atoms with Gasteiger partial charge in [-0.05, 0) is 25.3 Å². The third-order valence-electron chi connectivity index (χ3n) is 2.11. The lowest BCUT2D eigenvalue weighted by Gasteiger charge is -2.20. The van der Waals surface area contributed by atoms with Crippen molar-refractivity contribution in [1.82, 2.24) is 5.32 Å². The quantitative estimate of drug-likeness (QED) is 0.774. The van der Waals surface area contributed by atoms with E-state index < -0.39 is 5.41 Å². The van der Waals surface area contributed by atoms with Crippen LogP contribution < -0.4 is 11.1 Å². The van der Waals surface area contributed by atoms with Crippen molar-refractivity contribution < 1.29 is 4.79 Å². The predicted octanol–water partition coefficient (Wildman–Crippen LogP) is 1.35. The molecule has 0 aliphatic heterocycles. The molecule has 3 N–H and O–H groups in total. The molecule has 0 aliphatic rings. The van der Waals surface area contributed by atoms with Crippen molar-refractivity contribution in [3.63, 3.8) is 0 Å². The fourth-order valence-corrected chi connectivity index (χ4v) is 1.67. The summed E-state index contributed by atoms with van der Waals surface area (Å²) in [7, 11) is 0. The molecule has 78 valence electrons. The minimum atomic E-state index is -0.475. The molecule has 0 fully saturated rings. The van der Waals surface area contributed by atoms with Gasteiger partial charge >= 0.3 is 0 Å². The van der Waals surface area contributed by atoms with Gasteiger partial charge in [-0.1, -0.05) is 6.07 Å². The first-order valence-electron chi connectivity index (χ1n) is 4.55. The molecule has 0 aliphatic carbocycles. The number of nitrogens with one attached hydrogen (secondary N) is 1. The van der Waals surface area contributed by atoms with Crippen LogP contribution in [0.15, 0.2) is 17.5 Å². The first-order chi connectivity index (χ1) is 6.52. The van der Waals surface area contributed by atoms with E-state index in [0.717, 1.165) is 6.54 Å². The largest absolute Gasteiger partial charge is 0.369 e. The lowest BCUT2D eigenvalue weighted by atomic mass is 9.93. The lowest BCUT2D eigenvalue weighted by Crippen LogP contribution is -2.40. The van der Waals surface area contributed by atoms with Gasteiger partial charge in [-0.2, -0.15) is 0 Å². The molecule has 0 aromatic carbocycles. The summed E-state index contributed by atoms with van der Waals surface area (Å²) >= 11 is 1.70. The molecular formula is C10H16N2OS. The molecule has 3 nitrogen and oxygen atoms in total. The summed E-state index contributed by atoms with van der Waals surface area (Å²) in [6.45, 7) is 5.10. The zero-order chi connectivity index (χ0) is 10.6. The molecule has 0 unspecified atom stereocenters. The van der Waals surface area contributed by atoms with E-state index in [2.05, 4.69) is 11.4 Å². The number of carbonyl (C=O) groups is 1. The summed E-state index contributed by atoms with van der Waals surface area (Å²) in [6, 6.07) is 4.08. The van der Waals surface area contributed by atoms with Gasteiger partial charge in [-0.25, -0.2) is 0 Å². The highest BCUT2D eigenvalue weighted by Crippen LogP contribution is 2.13. The van der Waals surface area contributed by atoms with Crippen LogP contribution in [0.2, 0.25) is 0 Å². The summed E-state index contributed by atoms with van der Waals surface area (Å²) in [4.78, 5) is 12.3. The average Bonchev–Trinajstić information content (AvgIpc) is 2.56. The molecule has 0 radical (unpaired) electrons. The third kappa shape index (κ3) is 3.12. The Hall–Kier alpha value is -0.870. The van der Waals surface area contributed by atoms with E-state index in [1.807, 2.05) is 25.3 Å². The lowest BCUT2D eigenvalue weighted by molar-refractivity contribution is -0.125. The van der Waals surface area contributed by atoms with E-state index in [1.54, 1.807) is 11.3 Å². The van der Waals surface area contributed by atoms with Crippen molar-refractivity contribution in [2.45, 2.75) is 20.4 Å². The van der Waals surface area contributed by atoms with Gasteiger partial charge in [0, 0.05) is 18.0 Å². The van der Waals surface area contributed by atoms with Crippen molar-refractivity contribution in [3.8, 4) is 0 Å². The SMILES string of the molecule is CC(C)(CNCc1cccs1)C(N)=O. The molecule has 14 heavy (non-hydrogen) atoms. The summed E-state index contributed by atoms with van der Waals surface area (Å²) in [5.74, 6) is -0.267. The highest BCUT2D eigenvalue weighted by molar-refractivity contribution is 7.09. The minimum Gasteiger partial charge on any atom is -0.369 e. The summed E-state index contributed by atoms with van der Waals surface area (Å²) < 4.78 is 0. The van der Waals surface area contributed by atoms with Gasteiger partial charge in [0.05, 0.1) is 5.41 Å². The average molecular weight is 212 g/mol. The minimum absolute atomic E-state index is 0.267. The molecule has 4 heteroatoms. The zero-order valence-corrected chi connectivity index (χ0v) is 9.36. The van der Waals surface area contributed by atoms with E-state index in [4.69, 9.17) is 5.73 Å². The van der Waals surface area contributed by atoms with Crippen LogP contribution in [-0.4, -0.2) is 12.5 Å².